The molecule has 0 saturated heterocycles. The van der Waals surface area contributed by atoms with Gasteiger partial charge in [0, 0.05) is 17.3 Å². The number of carbonyl (C=O) groups excluding carboxylic acids is 1. The first-order valence-corrected chi connectivity index (χ1v) is 11.3. The van der Waals surface area contributed by atoms with Gasteiger partial charge in [-0.3, -0.25) is 9.48 Å². The Labute approximate surface area is 195 Å². The van der Waals surface area contributed by atoms with Crippen molar-refractivity contribution in [1.82, 2.24) is 19.7 Å². The van der Waals surface area contributed by atoms with Crippen LogP contribution in [0.3, 0.4) is 0 Å². The minimum Gasteiger partial charge on any atom is -0.458 e. The highest BCUT2D eigenvalue weighted by atomic mass is 16.5. The number of fused-ring (bicyclic) bond motifs is 2. The average molecular weight is 457 g/mol. The van der Waals surface area contributed by atoms with Crippen LogP contribution in [-0.4, -0.2) is 31.8 Å². The first-order valence-electron chi connectivity index (χ1n) is 11.3. The fraction of sp³-hybridized carbons (Fsp3) is 0.320. The Hall–Kier alpha value is -4.19. The topological polar surface area (TPSA) is 126 Å². The third-order valence-corrected chi connectivity index (χ3v) is 5.91. The molecule has 1 aliphatic carbocycles. The maximum absolute atomic E-state index is 12.7. The predicted octanol–water partition coefficient (Wildman–Crippen LogP) is 4.45. The van der Waals surface area contributed by atoms with Crippen molar-refractivity contribution in [2.24, 2.45) is 5.92 Å². The zero-order valence-electron chi connectivity index (χ0n) is 18.9. The van der Waals surface area contributed by atoms with E-state index in [9.17, 15) is 14.9 Å². The Kier molecular flexibility index (Phi) is 5.49. The number of benzene rings is 1. The quantitative estimate of drug-likeness (QED) is 0.394. The largest absolute Gasteiger partial charge is 0.458 e. The monoisotopic (exact) mass is 456 g/mol. The molecule has 9 nitrogen and oxygen atoms in total. The van der Waals surface area contributed by atoms with Crippen molar-refractivity contribution in [1.29, 1.82) is 5.26 Å². The molecule has 1 fully saturated rings. The van der Waals surface area contributed by atoms with Crippen molar-refractivity contribution in [2.75, 3.05) is 5.32 Å². The second-order valence-corrected chi connectivity index (χ2v) is 8.81. The molecule has 1 aromatic carbocycles. The normalized spacial score (nSPS) is 14.3. The van der Waals surface area contributed by atoms with Gasteiger partial charge in [0.1, 0.15) is 11.1 Å². The van der Waals surface area contributed by atoms with E-state index in [-0.39, 0.29) is 23.4 Å². The van der Waals surface area contributed by atoms with Gasteiger partial charge in [0.25, 0.3) is 5.56 Å². The number of aromatic amines is 1. The van der Waals surface area contributed by atoms with Crippen LogP contribution in [0.15, 0.2) is 47.4 Å². The van der Waals surface area contributed by atoms with E-state index in [0.29, 0.717) is 34.6 Å². The minimum absolute atomic E-state index is 0.0605. The predicted molar refractivity (Wildman–Crippen MR) is 128 cm³/mol. The van der Waals surface area contributed by atoms with Gasteiger partial charge in [-0.25, -0.2) is 9.78 Å². The number of carbonyl (C=O) groups is 1. The number of rotatable bonds is 7. The summed E-state index contributed by atoms with van der Waals surface area (Å²) in [6.07, 6.45) is 3.85. The Morgan fingerprint density at radius 1 is 1.29 bits per heavy atom. The lowest BCUT2D eigenvalue weighted by atomic mass is 10.1. The van der Waals surface area contributed by atoms with E-state index >= 15 is 0 Å². The van der Waals surface area contributed by atoms with Crippen molar-refractivity contribution < 1.29 is 9.53 Å². The molecule has 1 atom stereocenters. The van der Waals surface area contributed by atoms with Crippen LogP contribution >= 0.6 is 0 Å². The number of anilines is 2. The maximum Gasteiger partial charge on any atom is 0.357 e. The van der Waals surface area contributed by atoms with E-state index in [4.69, 9.17) is 9.84 Å². The number of nitriles is 1. The van der Waals surface area contributed by atoms with Gasteiger partial charge >= 0.3 is 5.97 Å². The number of hydrogen-bond donors (Lipinski definition) is 2. The average Bonchev–Trinajstić information content (AvgIpc) is 3.59. The van der Waals surface area contributed by atoms with Crippen molar-refractivity contribution >= 4 is 39.3 Å². The fourth-order valence-electron chi connectivity index (χ4n) is 4.20. The van der Waals surface area contributed by atoms with Crippen molar-refractivity contribution in [3.8, 4) is 6.07 Å². The van der Waals surface area contributed by atoms with E-state index in [1.54, 1.807) is 32.2 Å². The lowest BCUT2D eigenvalue weighted by Gasteiger charge is -2.14. The minimum atomic E-state index is -0.460. The third kappa shape index (κ3) is 4.10. The second kappa shape index (κ2) is 8.63. The molecular formula is C25H24N6O3. The smallest absolute Gasteiger partial charge is 0.357 e. The number of H-pyrrole nitrogens is 1. The van der Waals surface area contributed by atoms with E-state index in [1.807, 2.05) is 28.9 Å². The van der Waals surface area contributed by atoms with Crippen LogP contribution in [0.25, 0.3) is 21.8 Å². The maximum atomic E-state index is 12.7. The molecule has 0 amide bonds. The van der Waals surface area contributed by atoms with Gasteiger partial charge in [-0.15, -0.1) is 0 Å². The molecule has 0 aliphatic heterocycles. The summed E-state index contributed by atoms with van der Waals surface area (Å²) >= 11 is 0. The van der Waals surface area contributed by atoms with E-state index in [1.165, 1.54) is 0 Å². The lowest BCUT2D eigenvalue weighted by molar-refractivity contribution is 0.0371. The number of aromatic nitrogens is 4. The van der Waals surface area contributed by atoms with Crippen LogP contribution in [0.2, 0.25) is 0 Å². The number of esters is 1. The van der Waals surface area contributed by atoms with Crippen molar-refractivity contribution in [3.05, 3.63) is 58.6 Å². The summed E-state index contributed by atoms with van der Waals surface area (Å²) in [4.78, 5) is 32.0. The number of ether oxygens (including phenoxy) is 1. The van der Waals surface area contributed by atoms with Gasteiger partial charge in [0.2, 0.25) is 0 Å². The van der Waals surface area contributed by atoms with Crippen LogP contribution in [-0.2, 0) is 4.74 Å². The lowest BCUT2D eigenvalue weighted by Crippen LogP contribution is -2.13. The molecule has 1 saturated carbocycles. The first kappa shape index (κ1) is 21.6. The highest BCUT2D eigenvalue weighted by Gasteiger charge is 2.34. The van der Waals surface area contributed by atoms with Crippen LogP contribution < -0.4 is 10.9 Å². The Balaban J connectivity index is 1.50. The Bertz CT molecular complexity index is 1490. The van der Waals surface area contributed by atoms with Crippen LogP contribution in [0.4, 0.5) is 11.5 Å². The summed E-state index contributed by atoms with van der Waals surface area (Å²) in [6, 6.07) is 13.0. The van der Waals surface area contributed by atoms with Crippen LogP contribution in [0, 0.1) is 17.2 Å². The van der Waals surface area contributed by atoms with Crippen LogP contribution in [0.5, 0.6) is 0 Å². The molecule has 0 bridgehead atoms. The molecule has 0 unspecified atom stereocenters. The van der Waals surface area contributed by atoms with Crippen LogP contribution in [0.1, 0.15) is 49.6 Å². The molecule has 4 aromatic rings. The highest BCUT2D eigenvalue weighted by Crippen LogP contribution is 2.43. The molecule has 3 aromatic heterocycles. The van der Waals surface area contributed by atoms with Gasteiger partial charge in [0.15, 0.2) is 5.82 Å². The molecule has 9 heteroatoms. The molecule has 0 radical (unpaired) electrons. The van der Waals surface area contributed by atoms with Gasteiger partial charge < -0.3 is 15.0 Å². The number of hydrogen-bond acceptors (Lipinski definition) is 7. The molecule has 3 heterocycles. The summed E-state index contributed by atoms with van der Waals surface area (Å²) in [7, 11) is 0. The number of nitrogens with one attached hydrogen (secondary N) is 2. The Morgan fingerprint density at radius 2 is 2.12 bits per heavy atom. The van der Waals surface area contributed by atoms with E-state index < -0.39 is 5.97 Å². The summed E-state index contributed by atoms with van der Waals surface area (Å²) < 4.78 is 7.05. The SMILES string of the molecule is CC(C)OC(=O)c1ccc2cc(Nc3nn([C@@H](CC#N)C4CC4)c4cc[nH]c(=O)c34)ccc2n1. The molecule has 5 rings (SSSR count). The summed E-state index contributed by atoms with van der Waals surface area (Å²) in [5, 5.41) is 18.6. The van der Waals surface area contributed by atoms with Gasteiger partial charge in [0.05, 0.1) is 35.7 Å². The van der Waals surface area contributed by atoms with Crippen molar-refractivity contribution in [3.63, 3.8) is 0 Å². The zero-order chi connectivity index (χ0) is 23.8. The fourth-order valence-corrected chi connectivity index (χ4v) is 4.20. The molecule has 34 heavy (non-hydrogen) atoms. The number of pyridine rings is 2. The zero-order valence-corrected chi connectivity index (χ0v) is 18.9. The highest BCUT2D eigenvalue weighted by molar-refractivity contribution is 5.94. The van der Waals surface area contributed by atoms with Gasteiger partial charge in [-0.2, -0.15) is 10.4 Å². The molecule has 2 N–H and O–H groups in total. The van der Waals surface area contributed by atoms with E-state index in [0.717, 1.165) is 23.9 Å². The Morgan fingerprint density at radius 3 is 2.85 bits per heavy atom. The molecule has 1 aliphatic rings. The van der Waals surface area contributed by atoms with Gasteiger partial charge in [-0.05, 0) is 62.9 Å². The molecule has 172 valence electrons. The standard InChI is InChI=1S/C25H24N6O3/c1-14(2)34-25(33)19-7-5-16-13-17(6-8-18(16)29-19)28-23-22-21(10-12-27-24(22)32)31(30-23)20(9-11-26)15-3-4-15/h5-8,10,12-15,20H,3-4,9H2,1-2H3,(H,27,32)(H,28,30)/t20-/m0/s1. The molecular weight excluding hydrogens is 432 g/mol. The summed E-state index contributed by atoms with van der Waals surface area (Å²) in [5.74, 6) is 0.376. The second-order valence-electron chi connectivity index (χ2n) is 8.81. The van der Waals surface area contributed by atoms with Gasteiger partial charge in [-0.1, -0.05) is 6.07 Å². The summed E-state index contributed by atoms with van der Waals surface area (Å²) in [6.45, 7) is 3.58. The number of nitrogens with zero attached hydrogens (tertiary/aromatic N) is 4. The van der Waals surface area contributed by atoms with Crippen molar-refractivity contribution in [2.45, 2.75) is 45.3 Å². The van der Waals surface area contributed by atoms with E-state index in [2.05, 4.69) is 21.4 Å². The first-order chi connectivity index (χ1) is 16.4. The summed E-state index contributed by atoms with van der Waals surface area (Å²) in [5.41, 5.74) is 2.09. The third-order valence-electron chi connectivity index (χ3n) is 5.91. The molecule has 0 spiro atoms.